The molecule has 0 radical (unpaired) electrons. The molecule has 9 nitrogen and oxygen atoms in total. The number of nitrogens with zero attached hydrogens (tertiary/aromatic N) is 5. The van der Waals surface area contributed by atoms with E-state index in [4.69, 9.17) is 14.7 Å². The SMILES string of the molecule is Cc1nc(-c2nnc(NC3N=C(c4ccccc4)c4ccccc4NC3=O)o2)ccc1C#N. The summed E-state index contributed by atoms with van der Waals surface area (Å²) in [6.07, 6.45) is -1.00. The van der Waals surface area contributed by atoms with Gasteiger partial charge in [0.25, 0.3) is 11.8 Å². The van der Waals surface area contributed by atoms with Crippen molar-refractivity contribution >= 4 is 23.3 Å². The Labute approximate surface area is 188 Å². The highest BCUT2D eigenvalue weighted by molar-refractivity contribution is 6.19. The van der Waals surface area contributed by atoms with Crippen LogP contribution in [0.4, 0.5) is 11.7 Å². The fourth-order valence-corrected chi connectivity index (χ4v) is 3.48. The van der Waals surface area contributed by atoms with Crippen LogP contribution in [0.5, 0.6) is 0 Å². The van der Waals surface area contributed by atoms with Crippen molar-refractivity contribution in [3.05, 3.63) is 89.1 Å². The number of amides is 1. The van der Waals surface area contributed by atoms with Gasteiger partial charge in [0.2, 0.25) is 6.17 Å². The van der Waals surface area contributed by atoms with Gasteiger partial charge in [0.15, 0.2) is 0 Å². The Morgan fingerprint density at radius 2 is 1.82 bits per heavy atom. The molecule has 9 heteroatoms. The summed E-state index contributed by atoms with van der Waals surface area (Å²) >= 11 is 0. The Morgan fingerprint density at radius 1 is 1.03 bits per heavy atom. The lowest BCUT2D eigenvalue weighted by Crippen LogP contribution is -2.32. The van der Waals surface area contributed by atoms with Gasteiger partial charge in [-0.25, -0.2) is 9.98 Å². The number of anilines is 2. The Kier molecular flexibility index (Phi) is 5.09. The van der Waals surface area contributed by atoms with E-state index in [0.29, 0.717) is 28.4 Å². The number of para-hydroxylation sites is 1. The number of hydrogen-bond acceptors (Lipinski definition) is 8. The summed E-state index contributed by atoms with van der Waals surface area (Å²) in [5.41, 5.74) is 4.46. The van der Waals surface area contributed by atoms with Crippen LogP contribution in [-0.4, -0.2) is 33.0 Å². The maximum absolute atomic E-state index is 12.9. The summed E-state index contributed by atoms with van der Waals surface area (Å²) in [5.74, 6) is -0.199. The zero-order valence-electron chi connectivity index (χ0n) is 17.5. The fourth-order valence-electron chi connectivity index (χ4n) is 3.48. The number of nitrogens with one attached hydrogen (secondary N) is 2. The number of rotatable bonds is 4. The van der Waals surface area contributed by atoms with Crippen LogP contribution >= 0.6 is 0 Å². The molecule has 1 aliphatic heterocycles. The molecule has 0 bridgehead atoms. The van der Waals surface area contributed by atoms with E-state index < -0.39 is 6.17 Å². The van der Waals surface area contributed by atoms with Crippen LogP contribution in [0.1, 0.15) is 22.4 Å². The summed E-state index contributed by atoms with van der Waals surface area (Å²) < 4.78 is 5.68. The summed E-state index contributed by atoms with van der Waals surface area (Å²) in [6.45, 7) is 1.73. The summed E-state index contributed by atoms with van der Waals surface area (Å²) in [7, 11) is 0. The molecule has 2 aromatic carbocycles. The number of aromatic nitrogens is 3. The predicted molar refractivity (Wildman–Crippen MR) is 122 cm³/mol. The van der Waals surface area contributed by atoms with E-state index in [-0.39, 0.29) is 17.8 Å². The number of carbonyl (C=O) groups is 1. The Balaban J connectivity index is 1.48. The number of pyridine rings is 1. The largest absolute Gasteiger partial charge is 0.402 e. The van der Waals surface area contributed by atoms with E-state index in [1.807, 2.05) is 54.6 Å². The van der Waals surface area contributed by atoms with Gasteiger partial charge in [0, 0.05) is 11.1 Å². The molecule has 0 fully saturated rings. The second-order valence-corrected chi connectivity index (χ2v) is 7.28. The summed E-state index contributed by atoms with van der Waals surface area (Å²) in [6, 6.07) is 22.5. The molecular formula is C24H17N7O2. The van der Waals surface area contributed by atoms with E-state index in [1.54, 1.807) is 19.1 Å². The molecule has 3 heterocycles. The van der Waals surface area contributed by atoms with Gasteiger partial charge in [0.1, 0.15) is 11.8 Å². The van der Waals surface area contributed by atoms with Gasteiger partial charge in [-0.05, 0) is 25.1 Å². The Morgan fingerprint density at radius 3 is 2.61 bits per heavy atom. The van der Waals surface area contributed by atoms with E-state index in [1.165, 1.54) is 0 Å². The van der Waals surface area contributed by atoms with Crippen LogP contribution in [0, 0.1) is 18.3 Å². The van der Waals surface area contributed by atoms with E-state index in [2.05, 4.69) is 31.9 Å². The predicted octanol–water partition coefficient (Wildman–Crippen LogP) is 3.54. The lowest BCUT2D eigenvalue weighted by atomic mass is 10.0. The third-order valence-electron chi connectivity index (χ3n) is 5.10. The van der Waals surface area contributed by atoms with Gasteiger partial charge < -0.3 is 15.1 Å². The molecule has 0 saturated carbocycles. The fraction of sp³-hybridized carbons (Fsp3) is 0.0833. The number of aryl methyl sites for hydroxylation is 1. The number of fused-ring (bicyclic) bond motifs is 1. The average molecular weight is 435 g/mol. The number of nitriles is 1. The highest BCUT2D eigenvalue weighted by atomic mass is 16.4. The molecule has 1 atom stereocenters. The molecule has 0 saturated heterocycles. The highest BCUT2D eigenvalue weighted by Crippen LogP contribution is 2.25. The average Bonchev–Trinajstić information content (AvgIpc) is 3.26. The molecular weight excluding hydrogens is 418 g/mol. The van der Waals surface area contributed by atoms with Gasteiger partial charge in [-0.1, -0.05) is 53.6 Å². The number of carbonyl (C=O) groups excluding carboxylic acids is 1. The molecule has 4 aromatic rings. The first-order valence-electron chi connectivity index (χ1n) is 10.1. The first-order chi connectivity index (χ1) is 16.1. The highest BCUT2D eigenvalue weighted by Gasteiger charge is 2.27. The van der Waals surface area contributed by atoms with Crippen molar-refractivity contribution in [3.63, 3.8) is 0 Å². The lowest BCUT2D eigenvalue weighted by Gasteiger charge is -2.11. The minimum atomic E-state index is -1.00. The maximum Gasteiger partial charge on any atom is 0.317 e. The molecule has 1 unspecified atom stereocenters. The first-order valence-corrected chi connectivity index (χ1v) is 10.1. The van der Waals surface area contributed by atoms with Crippen LogP contribution < -0.4 is 10.6 Å². The van der Waals surface area contributed by atoms with Crippen LogP contribution in [0.2, 0.25) is 0 Å². The van der Waals surface area contributed by atoms with Crippen LogP contribution in [0.3, 0.4) is 0 Å². The van der Waals surface area contributed by atoms with Gasteiger partial charge >= 0.3 is 6.01 Å². The van der Waals surface area contributed by atoms with Gasteiger partial charge in [-0.15, -0.1) is 5.10 Å². The van der Waals surface area contributed by atoms with E-state index in [9.17, 15) is 4.79 Å². The van der Waals surface area contributed by atoms with E-state index >= 15 is 0 Å². The first kappa shape index (κ1) is 20.1. The molecule has 160 valence electrons. The molecule has 0 spiro atoms. The van der Waals surface area contributed by atoms with Crippen LogP contribution in [-0.2, 0) is 4.79 Å². The van der Waals surface area contributed by atoms with Gasteiger partial charge in [-0.2, -0.15) is 5.26 Å². The lowest BCUT2D eigenvalue weighted by molar-refractivity contribution is -0.116. The second-order valence-electron chi connectivity index (χ2n) is 7.28. The zero-order chi connectivity index (χ0) is 22.8. The third kappa shape index (κ3) is 3.93. The van der Waals surface area contributed by atoms with Crippen molar-refractivity contribution in [1.29, 1.82) is 5.26 Å². The quantitative estimate of drug-likeness (QED) is 0.501. The molecule has 0 aliphatic carbocycles. The Bertz CT molecular complexity index is 1420. The molecule has 2 N–H and O–H groups in total. The monoisotopic (exact) mass is 435 g/mol. The van der Waals surface area contributed by atoms with Gasteiger partial charge in [-0.3, -0.25) is 4.79 Å². The van der Waals surface area contributed by atoms with Crippen molar-refractivity contribution in [2.45, 2.75) is 13.1 Å². The molecule has 5 rings (SSSR count). The Hall–Kier alpha value is -4.84. The molecule has 1 aliphatic rings. The van der Waals surface area contributed by atoms with Crippen molar-refractivity contribution < 1.29 is 9.21 Å². The smallest absolute Gasteiger partial charge is 0.317 e. The summed E-state index contributed by atoms with van der Waals surface area (Å²) in [4.78, 5) is 22.0. The third-order valence-corrected chi connectivity index (χ3v) is 5.10. The number of benzodiazepines with no additional fused rings is 1. The molecule has 1 amide bonds. The molecule has 33 heavy (non-hydrogen) atoms. The minimum Gasteiger partial charge on any atom is -0.402 e. The standard InChI is InChI=1S/C24H17N7O2/c1-14-16(13-25)11-12-19(26-14)23-30-31-24(33-23)29-21-22(32)27-18-10-6-5-9-17(18)20(28-21)15-7-3-2-4-8-15/h2-12,21H,1H3,(H,27,32)(H,29,31). The minimum absolute atomic E-state index is 0.0241. The van der Waals surface area contributed by atoms with Gasteiger partial charge in [0.05, 0.1) is 22.7 Å². The summed E-state index contributed by atoms with van der Waals surface area (Å²) in [5, 5.41) is 22.9. The number of benzene rings is 2. The molecule has 2 aromatic heterocycles. The second kappa shape index (κ2) is 8.36. The number of hydrogen-bond donors (Lipinski definition) is 2. The van der Waals surface area contributed by atoms with Crippen LogP contribution in [0.15, 0.2) is 76.1 Å². The maximum atomic E-state index is 12.9. The van der Waals surface area contributed by atoms with E-state index in [0.717, 1.165) is 11.1 Å². The van der Waals surface area contributed by atoms with Crippen molar-refractivity contribution in [2.75, 3.05) is 10.6 Å². The zero-order valence-corrected chi connectivity index (χ0v) is 17.5. The number of aliphatic imine (C=N–C) groups is 1. The normalized spacial score (nSPS) is 15.0. The topological polar surface area (TPSA) is 129 Å². The van der Waals surface area contributed by atoms with Crippen molar-refractivity contribution in [2.24, 2.45) is 4.99 Å². The van der Waals surface area contributed by atoms with Crippen molar-refractivity contribution in [1.82, 2.24) is 15.2 Å². The van der Waals surface area contributed by atoms with Crippen molar-refractivity contribution in [3.8, 4) is 17.7 Å². The van der Waals surface area contributed by atoms with Crippen LogP contribution in [0.25, 0.3) is 11.6 Å².